The number of hydrogen-bond acceptors (Lipinski definition) is 7. The predicted molar refractivity (Wildman–Crippen MR) is 135 cm³/mol. The monoisotopic (exact) mass is 493 g/mol. The van der Waals surface area contributed by atoms with Crippen molar-refractivity contribution < 1.29 is 23.5 Å². The van der Waals surface area contributed by atoms with E-state index >= 15 is 0 Å². The minimum absolute atomic E-state index is 0.00577. The Balaban J connectivity index is 1.45. The summed E-state index contributed by atoms with van der Waals surface area (Å²) in [5.74, 6) is 0.398. The van der Waals surface area contributed by atoms with E-state index in [1.54, 1.807) is 54.6 Å². The van der Waals surface area contributed by atoms with Crippen molar-refractivity contribution in [3.63, 3.8) is 0 Å². The molecule has 2 aromatic heterocycles. The van der Waals surface area contributed by atoms with Crippen LogP contribution in [0.1, 0.15) is 33.3 Å². The van der Waals surface area contributed by atoms with Gasteiger partial charge in [-0.15, -0.1) is 0 Å². The van der Waals surface area contributed by atoms with E-state index < -0.39 is 17.5 Å². The highest BCUT2D eigenvalue weighted by Gasteiger charge is 2.31. The molecule has 8 nitrogen and oxygen atoms in total. The van der Waals surface area contributed by atoms with Crippen LogP contribution in [0.2, 0.25) is 0 Å². The zero-order chi connectivity index (χ0) is 25.5. The van der Waals surface area contributed by atoms with Gasteiger partial charge in [-0.25, -0.2) is 9.59 Å². The maximum absolute atomic E-state index is 13.1. The molecule has 0 aliphatic carbocycles. The summed E-state index contributed by atoms with van der Waals surface area (Å²) in [4.78, 5) is 38.2. The summed E-state index contributed by atoms with van der Waals surface area (Å²) >= 11 is 0. The maximum Gasteiger partial charge on any atom is 0.339 e. The number of amides is 1. The first-order valence-electron chi connectivity index (χ1n) is 11.5. The molecule has 1 aliphatic heterocycles. The van der Waals surface area contributed by atoms with E-state index in [1.807, 2.05) is 6.07 Å². The lowest BCUT2D eigenvalue weighted by Crippen LogP contribution is -2.34. The summed E-state index contributed by atoms with van der Waals surface area (Å²) in [6, 6.07) is 23.1. The first-order chi connectivity index (χ1) is 18.0. The lowest BCUT2D eigenvalue weighted by molar-refractivity contribution is 0.0819. The Morgan fingerprint density at radius 2 is 1.65 bits per heavy atom. The van der Waals surface area contributed by atoms with Crippen LogP contribution in [-0.2, 0) is 6.42 Å². The third kappa shape index (κ3) is 4.14. The highest BCUT2D eigenvalue weighted by Crippen LogP contribution is 2.41. The highest BCUT2D eigenvalue weighted by atomic mass is 16.5. The van der Waals surface area contributed by atoms with Crippen molar-refractivity contribution in [2.24, 2.45) is 0 Å². The van der Waals surface area contributed by atoms with E-state index in [9.17, 15) is 19.5 Å². The van der Waals surface area contributed by atoms with E-state index in [0.29, 0.717) is 39.1 Å². The van der Waals surface area contributed by atoms with Gasteiger partial charge >= 0.3 is 11.3 Å². The number of phenolic OH excluding ortho intramolecular Hbond substituents is 1. The fourth-order valence-corrected chi connectivity index (χ4v) is 4.47. The first kappa shape index (κ1) is 22.4. The molecule has 1 aliphatic rings. The van der Waals surface area contributed by atoms with Crippen molar-refractivity contribution in [1.82, 2.24) is 5.32 Å². The molecule has 3 heterocycles. The number of phenols is 1. The molecule has 1 unspecified atom stereocenters. The van der Waals surface area contributed by atoms with Gasteiger partial charge < -0.3 is 24.0 Å². The molecule has 37 heavy (non-hydrogen) atoms. The third-order valence-corrected chi connectivity index (χ3v) is 6.20. The van der Waals surface area contributed by atoms with Crippen molar-refractivity contribution in [3.05, 3.63) is 128 Å². The number of rotatable bonds is 4. The molecule has 8 heteroatoms. The molecule has 182 valence electrons. The predicted octanol–water partition coefficient (Wildman–Crippen LogP) is 4.53. The van der Waals surface area contributed by atoms with Crippen molar-refractivity contribution in [1.29, 1.82) is 0 Å². The molecule has 1 atom stereocenters. The second-order valence-corrected chi connectivity index (χ2v) is 8.63. The average Bonchev–Trinajstić information content (AvgIpc) is 2.90. The standard InChI is InChI=1S/C29H19NO7/c31-19-10-11-24-21(15-19)17(14-25(32)35-24)12-18-13-22-26(37-29(18)34)20-8-4-5-9-23(20)36-28(22)30-27(33)16-6-2-1-3-7-16/h1-11,13-15,28,31H,12H2,(H,30,33). The molecule has 3 aromatic carbocycles. The fraction of sp³-hybridized carbons (Fsp3) is 0.0690. The fourth-order valence-electron chi connectivity index (χ4n) is 4.47. The lowest BCUT2D eigenvalue weighted by atomic mass is 9.97. The number of para-hydroxylation sites is 1. The third-order valence-electron chi connectivity index (χ3n) is 6.20. The molecule has 0 saturated carbocycles. The van der Waals surface area contributed by atoms with Crippen LogP contribution < -0.4 is 21.3 Å². The number of hydrogen-bond donors (Lipinski definition) is 2. The first-order valence-corrected chi connectivity index (χ1v) is 11.5. The molecular formula is C29H19NO7. The topological polar surface area (TPSA) is 119 Å². The zero-order valence-electron chi connectivity index (χ0n) is 19.3. The Labute approximate surface area is 209 Å². The van der Waals surface area contributed by atoms with Crippen LogP contribution in [0.4, 0.5) is 0 Å². The van der Waals surface area contributed by atoms with Gasteiger partial charge in [-0.1, -0.05) is 30.3 Å². The van der Waals surface area contributed by atoms with Crippen LogP contribution >= 0.6 is 0 Å². The van der Waals surface area contributed by atoms with Crippen molar-refractivity contribution in [2.45, 2.75) is 12.6 Å². The number of nitrogens with one attached hydrogen (secondary N) is 1. The number of carbonyl (C=O) groups excluding carboxylic acids is 1. The molecule has 0 bridgehead atoms. The van der Waals surface area contributed by atoms with Crippen molar-refractivity contribution in [2.75, 3.05) is 0 Å². The van der Waals surface area contributed by atoms with E-state index in [4.69, 9.17) is 13.6 Å². The van der Waals surface area contributed by atoms with E-state index in [2.05, 4.69) is 5.32 Å². The van der Waals surface area contributed by atoms with Gasteiger partial charge in [0.1, 0.15) is 17.1 Å². The molecule has 6 rings (SSSR count). The number of ether oxygens (including phenoxy) is 1. The van der Waals surface area contributed by atoms with Crippen LogP contribution in [0.5, 0.6) is 11.5 Å². The Kier molecular flexibility index (Phi) is 5.34. The zero-order valence-corrected chi connectivity index (χ0v) is 19.3. The molecule has 0 saturated heterocycles. The van der Waals surface area contributed by atoms with Crippen molar-refractivity contribution in [3.8, 4) is 22.8 Å². The quantitative estimate of drug-likeness (QED) is 0.353. The van der Waals surface area contributed by atoms with Gasteiger partial charge in [0.05, 0.1) is 11.1 Å². The van der Waals surface area contributed by atoms with Gasteiger partial charge in [0.2, 0.25) is 6.23 Å². The Morgan fingerprint density at radius 3 is 2.49 bits per heavy atom. The van der Waals surface area contributed by atoms with Gasteiger partial charge in [-0.05, 0) is 54.1 Å². The molecule has 2 N–H and O–H groups in total. The minimum atomic E-state index is -0.928. The number of aromatic hydroxyl groups is 1. The summed E-state index contributed by atoms with van der Waals surface area (Å²) in [7, 11) is 0. The molecule has 0 spiro atoms. The van der Waals surface area contributed by atoms with Gasteiger partial charge in [-0.3, -0.25) is 4.79 Å². The smallest absolute Gasteiger partial charge is 0.339 e. The summed E-state index contributed by atoms with van der Waals surface area (Å²) in [5.41, 5.74) is 1.34. The maximum atomic E-state index is 13.1. The van der Waals surface area contributed by atoms with Gasteiger partial charge in [0.25, 0.3) is 5.91 Å². The number of carbonyl (C=O) groups is 1. The minimum Gasteiger partial charge on any atom is -0.508 e. The van der Waals surface area contributed by atoms with Crippen LogP contribution in [0, 0.1) is 0 Å². The van der Waals surface area contributed by atoms with E-state index in [-0.39, 0.29) is 29.2 Å². The summed E-state index contributed by atoms with van der Waals surface area (Å²) in [6.07, 6.45) is -0.898. The average molecular weight is 493 g/mol. The van der Waals surface area contributed by atoms with Gasteiger partial charge in [0, 0.05) is 29.0 Å². The van der Waals surface area contributed by atoms with Crippen LogP contribution in [-0.4, -0.2) is 11.0 Å². The largest absolute Gasteiger partial charge is 0.508 e. The van der Waals surface area contributed by atoms with E-state index in [1.165, 1.54) is 24.3 Å². The molecule has 1 amide bonds. The van der Waals surface area contributed by atoms with Gasteiger partial charge in [-0.2, -0.15) is 0 Å². The summed E-state index contributed by atoms with van der Waals surface area (Å²) < 4.78 is 17.1. The Bertz CT molecular complexity index is 1790. The Morgan fingerprint density at radius 1 is 0.865 bits per heavy atom. The SMILES string of the molecule is O=C(NC1Oc2ccccc2-c2oc(=O)c(Cc3cc(=O)oc4ccc(O)cc34)cc21)c1ccccc1. The Hall–Kier alpha value is -5.11. The second kappa shape index (κ2) is 8.83. The van der Waals surface area contributed by atoms with Crippen molar-refractivity contribution >= 4 is 16.9 Å². The van der Waals surface area contributed by atoms with Gasteiger partial charge in [0.15, 0.2) is 5.76 Å². The molecular weight excluding hydrogens is 474 g/mol. The lowest BCUT2D eigenvalue weighted by Gasteiger charge is -2.28. The molecule has 0 radical (unpaired) electrons. The number of fused-ring (bicyclic) bond motifs is 4. The van der Waals surface area contributed by atoms with Crippen LogP contribution in [0.15, 0.2) is 103 Å². The highest BCUT2D eigenvalue weighted by molar-refractivity contribution is 5.94. The van der Waals surface area contributed by atoms with Crippen LogP contribution in [0.25, 0.3) is 22.3 Å². The summed E-state index contributed by atoms with van der Waals surface area (Å²) in [6.45, 7) is 0. The van der Waals surface area contributed by atoms with E-state index in [0.717, 1.165) is 0 Å². The number of benzene rings is 3. The molecule has 0 fully saturated rings. The molecule has 5 aromatic rings. The summed E-state index contributed by atoms with van der Waals surface area (Å²) in [5, 5.41) is 13.3. The normalized spacial score (nSPS) is 13.9. The second-order valence-electron chi connectivity index (χ2n) is 8.63. The van der Waals surface area contributed by atoms with Crippen LogP contribution in [0.3, 0.4) is 0 Å².